The molecule has 0 aliphatic carbocycles. The summed E-state index contributed by atoms with van der Waals surface area (Å²) < 4.78 is 0. The third-order valence-electron chi connectivity index (χ3n) is 11.9. The highest BCUT2D eigenvalue weighted by molar-refractivity contribution is 6.27. The van der Waals surface area contributed by atoms with Crippen molar-refractivity contribution < 1.29 is 0 Å². The van der Waals surface area contributed by atoms with Crippen molar-refractivity contribution >= 4 is 55.6 Å². The number of hydrogen-bond donors (Lipinski definition) is 0. The Morgan fingerprint density at radius 1 is 0.458 bits per heavy atom. The zero-order valence-electron chi connectivity index (χ0n) is 29.8. The van der Waals surface area contributed by atoms with Crippen molar-refractivity contribution in [3.63, 3.8) is 0 Å². The molecule has 242 valence electrons. The smallest absolute Gasteiger partial charge is 0.134 e. The molecule has 0 fully saturated rings. The van der Waals surface area contributed by atoms with Gasteiger partial charge in [-0.25, -0.2) is 9.97 Å². The Bertz CT molecular complexity index is 2140. The van der Waals surface area contributed by atoms with Crippen LogP contribution in [0.3, 0.4) is 0 Å². The molecule has 2 aliphatic rings. The quantitative estimate of drug-likeness (QED) is 0.182. The van der Waals surface area contributed by atoms with E-state index in [2.05, 4.69) is 152 Å². The molecule has 6 nitrogen and oxygen atoms in total. The lowest BCUT2D eigenvalue weighted by Crippen LogP contribution is -2.53. The number of rotatable bonds is 4. The van der Waals surface area contributed by atoms with Gasteiger partial charge in [-0.2, -0.15) is 0 Å². The van der Waals surface area contributed by atoms with Crippen molar-refractivity contribution in [3.8, 4) is 22.3 Å². The number of aliphatic imine (C=N–C) groups is 2. The second-order valence-corrected chi connectivity index (χ2v) is 15.7. The van der Waals surface area contributed by atoms with Gasteiger partial charge in [0.05, 0.1) is 22.2 Å². The van der Waals surface area contributed by atoms with Gasteiger partial charge < -0.3 is 9.80 Å². The van der Waals surface area contributed by atoms with Crippen LogP contribution in [-0.2, 0) is 0 Å². The molecule has 6 aromatic rings. The van der Waals surface area contributed by atoms with E-state index in [4.69, 9.17) is 20.0 Å². The summed E-state index contributed by atoms with van der Waals surface area (Å²) in [5, 5.41) is 7.53. The van der Waals surface area contributed by atoms with E-state index in [1.165, 1.54) is 43.4 Å². The van der Waals surface area contributed by atoms with Crippen LogP contribution in [0.5, 0.6) is 0 Å². The molecule has 0 amide bonds. The average molecular weight is 633 g/mol. The van der Waals surface area contributed by atoms with Gasteiger partial charge in [0.15, 0.2) is 0 Å². The minimum Gasteiger partial charge on any atom is -0.307 e. The zero-order chi connectivity index (χ0) is 34.0. The number of aromatic nitrogens is 2. The minimum absolute atomic E-state index is 0.180. The van der Waals surface area contributed by atoms with E-state index < -0.39 is 0 Å². The van der Waals surface area contributed by atoms with Gasteiger partial charge in [0.2, 0.25) is 0 Å². The molecule has 0 saturated heterocycles. The topological polar surface area (TPSA) is 57.0 Å². The highest BCUT2D eigenvalue weighted by Crippen LogP contribution is 2.45. The van der Waals surface area contributed by atoms with Gasteiger partial charge in [0.1, 0.15) is 23.3 Å². The van der Waals surface area contributed by atoms with E-state index in [0.717, 1.165) is 34.4 Å². The maximum absolute atomic E-state index is 5.00. The molecule has 4 heterocycles. The molecule has 0 bridgehead atoms. The Morgan fingerprint density at radius 2 is 0.833 bits per heavy atom. The van der Waals surface area contributed by atoms with Crippen molar-refractivity contribution in [1.29, 1.82) is 0 Å². The molecule has 0 N–H and O–H groups in total. The lowest BCUT2D eigenvalue weighted by Gasteiger charge is -2.40. The molecule has 2 aliphatic heterocycles. The van der Waals surface area contributed by atoms with Crippen molar-refractivity contribution in [2.75, 3.05) is 9.80 Å². The Balaban J connectivity index is 1.20. The fourth-order valence-electron chi connectivity index (χ4n) is 8.10. The van der Waals surface area contributed by atoms with E-state index in [0.29, 0.717) is 0 Å². The number of anilines is 2. The van der Waals surface area contributed by atoms with E-state index in [1.54, 1.807) is 0 Å². The van der Waals surface area contributed by atoms with Crippen molar-refractivity contribution in [1.82, 2.24) is 9.97 Å². The fourth-order valence-corrected chi connectivity index (χ4v) is 8.10. The van der Waals surface area contributed by atoms with E-state index in [-0.39, 0.29) is 22.2 Å². The Kier molecular flexibility index (Phi) is 6.26. The van der Waals surface area contributed by atoms with E-state index >= 15 is 0 Å². The third-order valence-corrected chi connectivity index (χ3v) is 11.9. The summed E-state index contributed by atoms with van der Waals surface area (Å²) >= 11 is 0. The van der Waals surface area contributed by atoms with Gasteiger partial charge in [-0.15, -0.1) is 0 Å². The molecule has 48 heavy (non-hydrogen) atoms. The first-order valence-corrected chi connectivity index (χ1v) is 17.0. The fraction of sp³-hybridized carbons (Fsp3) is 0.333. The lowest BCUT2D eigenvalue weighted by molar-refractivity contribution is 0.337. The van der Waals surface area contributed by atoms with E-state index in [1.807, 2.05) is 12.4 Å². The molecule has 6 heteroatoms. The molecule has 0 radical (unpaired) electrons. The van der Waals surface area contributed by atoms with Crippen LogP contribution in [-0.4, -0.2) is 43.8 Å². The second-order valence-electron chi connectivity index (χ2n) is 15.7. The molecule has 0 unspecified atom stereocenters. The Morgan fingerprint density at radius 3 is 1.15 bits per heavy atom. The van der Waals surface area contributed by atoms with Crippen LogP contribution in [0.4, 0.5) is 11.6 Å². The summed E-state index contributed by atoms with van der Waals surface area (Å²) in [6, 6.07) is 26.7. The molecule has 8 rings (SSSR count). The Labute approximate surface area is 283 Å². The maximum atomic E-state index is 5.00. The molecule has 2 aromatic heterocycles. The minimum atomic E-state index is -0.198. The number of benzene rings is 4. The number of pyridine rings is 2. The highest BCUT2D eigenvalue weighted by Gasteiger charge is 2.49. The Hall–Kier alpha value is -4.84. The van der Waals surface area contributed by atoms with Gasteiger partial charge in [-0.3, -0.25) is 9.98 Å². The number of hydrogen-bond acceptors (Lipinski definition) is 6. The van der Waals surface area contributed by atoms with Crippen molar-refractivity contribution in [3.05, 3.63) is 85.2 Å². The summed E-state index contributed by atoms with van der Waals surface area (Å²) in [5.74, 6) is 3.86. The normalized spacial score (nSPS) is 19.5. The number of amidine groups is 2. The first-order chi connectivity index (χ1) is 22.6. The predicted octanol–water partition coefficient (Wildman–Crippen LogP) is 10.3. The summed E-state index contributed by atoms with van der Waals surface area (Å²) in [7, 11) is 0. The van der Waals surface area contributed by atoms with Gasteiger partial charge in [-0.1, -0.05) is 48.5 Å². The number of nitrogens with zero attached hydrogens (tertiary/aromatic N) is 6. The molecule has 4 aromatic carbocycles. The van der Waals surface area contributed by atoms with Crippen molar-refractivity contribution in [2.24, 2.45) is 9.98 Å². The first kappa shape index (κ1) is 30.5. The van der Waals surface area contributed by atoms with Crippen LogP contribution >= 0.6 is 0 Å². The lowest BCUT2D eigenvalue weighted by atomic mass is 9.83. The highest BCUT2D eigenvalue weighted by atomic mass is 15.4. The average Bonchev–Trinajstić information content (AvgIpc) is 3.31. The van der Waals surface area contributed by atoms with Gasteiger partial charge in [0.25, 0.3) is 0 Å². The first-order valence-electron chi connectivity index (χ1n) is 17.0. The summed E-state index contributed by atoms with van der Waals surface area (Å²) in [6.45, 7) is 21.9. The van der Waals surface area contributed by atoms with Crippen LogP contribution in [0.1, 0.15) is 69.2 Å². The van der Waals surface area contributed by atoms with Crippen LogP contribution < -0.4 is 9.80 Å². The second kappa shape index (κ2) is 9.85. The van der Waals surface area contributed by atoms with Crippen LogP contribution in [0.2, 0.25) is 0 Å². The van der Waals surface area contributed by atoms with Crippen LogP contribution in [0.25, 0.3) is 54.6 Å². The maximum Gasteiger partial charge on any atom is 0.134 e. The molecular formula is C42H44N6. The molecule has 0 spiro atoms. The SMILES string of the molecule is CC1=NC(C)(C)C(C)(C)N1c1ccc(-c2ccc3ccc4c(-c5ccc(N6C(C)=NC(C)(C)C6(C)C)nc5)ccc5ccc2c3c54)cn1. The van der Waals surface area contributed by atoms with Crippen molar-refractivity contribution in [2.45, 2.75) is 91.4 Å². The van der Waals surface area contributed by atoms with Gasteiger partial charge in [-0.05, 0) is 137 Å². The zero-order valence-corrected chi connectivity index (χ0v) is 29.8. The molecule has 0 atom stereocenters. The predicted molar refractivity (Wildman–Crippen MR) is 204 cm³/mol. The summed E-state index contributed by atoms with van der Waals surface area (Å²) in [5.41, 5.74) is 3.83. The molecular weight excluding hydrogens is 589 g/mol. The monoisotopic (exact) mass is 632 g/mol. The third kappa shape index (κ3) is 4.11. The standard InChI is InChI=1S/C42H44N6/c1-25-45-39(3,4)41(7,8)47(25)35-21-15-29(23-43-35)31-17-11-27-14-20-34-32(18-12-28-13-19-33(31)37(27)38(28)34)30-16-22-36(44-24-30)48-26(2)46-40(5,6)42(48,9)10/h11-24H,1-10H3. The van der Waals surface area contributed by atoms with Gasteiger partial charge >= 0.3 is 0 Å². The van der Waals surface area contributed by atoms with E-state index in [9.17, 15) is 0 Å². The largest absolute Gasteiger partial charge is 0.307 e. The molecule has 0 saturated carbocycles. The summed E-state index contributed by atoms with van der Waals surface area (Å²) in [4.78, 5) is 24.4. The van der Waals surface area contributed by atoms with Crippen LogP contribution in [0, 0.1) is 0 Å². The summed E-state index contributed by atoms with van der Waals surface area (Å²) in [6.07, 6.45) is 4.04. The van der Waals surface area contributed by atoms with Crippen LogP contribution in [0.15, 0.2) is 95.2 Å². The van der Waals surface area contributed by atoms with Gasteiger partial charge in [0, 0.05) is 23.5 Å².